The molecule has 0 saturated heterocycles. The Morgan fingerprint density at radius 1 is 0.906 bits per heavy atom. The molecule has 166 valence electrons. The molecule has 0 aliphatic carbocycles. The maximum atomic E-state index is 13.0. The number of aromatic hydroxyl groups is 2. The van der Waals surface area contributed by atoms with Crippen molar-refractivity contribution < 1.29 is 10.2 Å². The molecule has 0 bridgehead atoms. The van der Waals surface area contributed by atoms with Crippen molar-refractivity contribution in [1.82, 2.24) is 19.1 Å². The molecular formula is C22H22N4O4S2. The monoisotopic (exact) mass is 470 g/mol. The Hall–Kier alpha value is -3.50. The molecule has 0 aliphatic rings. The van der Waals surface area contributed by atoms with E-state index in [0.29, 0.717) is 5.56 Å². The van der Waals surface area contributed by atoms with Gasteiger partial charge in [-0.3, -0.25) is 28.7 Å². The summed E-state index contributed by atoms with van der Waals surface area (Å²) in [5.41, 5.74) is -0.208. The molecule has 32 heavy (non-hydrogen) atoms. The van der Waals surface area contributed by atoms with Crippen LogP contribution in [0.3, 0.4) is 0 Å². The zero-order chi connectivity index (χ0) is 23.6. The van der Waals surface area contributed by atoms with Crippen LogP contribution in [0.1, 0.15) is 28.2 Å². The summed E-state index contributed by atoms with van der Waals surface area (Å²) in [6.45, 7) is 9.42. The summed E-state index contributed by atoms with van der Waals surface area (Å²) >= 11 is 10.3. The molecule has 0 spiro atoms. The lowest BCUT2D eigenvalue weighted by Gasteiger charge is -2.22. The number of hydrogen-bond donors (Lipinski definition) is 4. The van der Waals surface area contributed by atoms with Crippen molar-refractivity contribution >= 4 is 24.4 Å². The van der Waals surface area contributed by atoms with Gasteiger partial charge < -0.3 is 10.2 Å². The van der Waals surface area contributed by atoms with Crippen molar-refractivity contribution in [2.24, 2.45) is 0 Å². The second-order valence-corrected chi connectivity index (χ2v) is 7.91. The van der Waals surface area contributed by atoms with Crippen molar-refractivity contribution in [1.29, 1.82) is 0 Å². The van der Waals surface area contributed by atoms with E-state index < -0.39 is 28.8 Å². The fourth-order valence-electron chi connectivity index (χ4n) is 3.50. The van der Waals surface area contributed by atoms with Gasteiger partial charge in [0.15, 0.2) is 9.54 Å². The summed E-state index contributed by atoms with van der Waals surface area (Å²) in [7, 11) is 0. The first kappa shape index (κ1) is 23.2. The molecule has 10 heteroatoms. The van der Waals surface area contributed by atoms with Crippen LogP contribution in [0.2, 0.25) is 0 Å². The van der Waals surface area contributed by atoms with E-state index in [-0.39, 0.29) is 33.8 Å². The van der Waals surface area contributed by atoms with Gasteiger partial charge in [0, 0.05) is 13.1 Å². The predicted molar refractivity (Wildman–Crippen MR) is 128 cm³/mol. The first-order chi connectivity index (χ1) is 15.2. The molecule has 4 N–H and O–H groups in total. The molecule has 0 radical (unpaired) electrons. The van der Waals surface area contributed by atoms with E-state index in [0.717, 1.165) is 5.56 Å². The Bertz CT molecular complexity index is 1340. The summed E-state index contributed by atoms with van der Waals surface area (Å²) in [6.07, 6.45) is 3.01. The zero-order valence-electron chi connectivity index (χ0n) is 17.3. The van der Waals surface area contributed by atoms with Crippen molar-refractivity contribution in [3.8, 4) is 11.8 Å². The Morgan fingerprint density at radius 2 is 1.31 bits per heavy atom. The summed E-state index contributed by atoms with van der Waals surface area (Å²) in [6, 6.07) is 7.04. The van der Waals surface area contributed by atoms with Gasteiger partial charge in [-0.15, -0.1) is 13.2 Å². The fraction of sp³-hybridized carbons (Fsp3) is 0.182. The van der Waals surface area contributed by atoms with E-state index in [1.165, 1.54) is 21.3 Å². The first-order valence-corrected chi connectivity index (χ1v) is 10.4. The maximum absolute atomic E-state index is 13.0. The highest BCUT2D eigenvalue weighted by Gasteiger charge is 2.31. The highest BCUT2D eigenvalue weighted by Crippen LogP contribution is 2.37. The number of allylic oxidation sites excluding steroid dienone is 2. The van der Waals surface area contributed by atoms with Crippen LogP contribution in [0.5, 0.6) is 11.8 Å². The number of hydrogen-bond acceptors (Lipinski definition) is 6. The second kappa shape index (κ2) is 9.33. The second-order valence-electron chi connectivity index (χ2n) is 7.14. The van der Waals surface area contributed by atoms with Crippen LogP contribution in [-0.4, -0.2) is 29.3 Å². The lowest BCUT2D eigenvalue weighted by Crippen LogP contribution is -2.28. The molecule has 2 heterocycles. The molecular weight excluding hydrogens is 448 g/mol. The first-order valence-electron chi connectivity index (χ1n) is 9.61. The van der Waals surface area contributed by atoms with E-state index in [1.54, 1.807) is 24.3 Å². The molecule has 0 fully saturated rings. The molecule has 2 aromatic heterocycles. The van der Waals surface area contributed by atoms with E-state index >= 15 is 0 Å². The predicted octanol–water partition coefficient (Wildman–Crippen LogP) is 3.40. The molecule has 1 aromatic carbocycles. The van der Waals surface area contributed by atoms with E-state index in [9.17, 15) is 19.8 Å². The Labute approximate surface area is 193 Å². The largest absolute Gasteiger partial charge is 0.494 e. The number of aromatic nitrogens is 4. The van der Waals surface area contributed by atoms with E-state index in [1.807, 2.05) is 6.92 Å². The van der Waals surface area contributed by atoms with Crippen LogP contribution in [0.15, 0.2) is 59.2 Å². The van der Waals surface area contributed by atoms with Crippen LogP contribution in [0.4, 0.5) is 0 Å². The van der Waals surface area contributed by atoms with E-state index in [2.05, 4.69) is 23.1 Å². The highest BCUT2D eigenvalue weighted by molar-refractivity contribution is 7.71. The van der Waals surface area contributed by atoms with Crippen LogP contribution in [0.25, 0.3) is 0 Å². The molecule has 0 unspecified atom stereocenters. The Kier molecular flexibility index (Phi) is 6.75. The number of aryl methyl sites for hydroxylation is 1. The standard InChI is InChI=1S/C22H22N4O4S2/c1-4-10-25-19(29)15(17(27)23-21(25)31)14(13-8-6-12(3)7-9-13)16-18(28)24-22(32)26(11-5-2)20(16)30/h4-9,14,29-30H,1-2,10-11H2,3H3,(H,23,27,31)(H,24,28,32). The third-order valence-corrected chi connectivity index (χ3v) is 5.67. The minimum atomic E-state index is -1.12. The van der Waals surface area contributed by atoms with Gasteiger partial charge >= 0.3 is 0 Å². The van der Waals surface area contributed by atoms with Crippen molar-refractivity contribution in [2.45, 2.75) is 25.9 Å². The lowest BCUT2D eigenvalue weighted by molar-refractivity contribution is 0.395. The van der Waals surface area contributed by atoms with Gasteiger partial charge in [0.1, 0.15) is 0 Å². The van der Waals surface area contributed by atoms with Crippen molar-refractivity contribution in [3.63, 3.8) is 0 Å². The SMILES string of the molecule is C=CCn1c(O)c(C(c2ccc(C)cc2)c2c(O)n(CC=C)c(=S)[nH]c2=O)c(=O)[nH]c1=S. The molecule has 0 saturated carbocycles. The summed E-state index contributed by atoms with van der Waals surface area (Å²) in [5.74, 6) is -1.98. The number of nitrogens with one attached hydrogen (secondary N) is 2. The number of H-pyrrole nitrogens is 2. The Balaban J connectivity index is 2.49. The summed E-state index contributed by atoms with van der Waals surface area (Å²) in [4.78, 5) is 31.1. The van der Waals surface area contributed by atoms with Crippen LogP contribution < -0.4 is 11.1 Å². The van der Waals surface area contributed by atoms with Gasteiger partial charge in [-0.2, -0.15) is 0 Å². The normalized spacial score (nSPS) is 10.9. The van der Waals surface area contributed by atoms with Crippen LogP contribution >= 0.6 is 24.4 Å². The Morgan fingerprint density at radius 3 is 1.69 bits per heavy atom. The van der Waals surface area contributed by atoms with Gasteiger partial charge in [-0.05, 0) is 36.9 Å². The number of aromatic amines is 2. The summed E-state index contributed by atoms with van der Waals surface area (Å²) < 4.78 is 2.56. The average Bonchev–Trinajstić information content (AvgIpc) is 2.73. The third kappa shape index (κ3) is 4.14. The smallest absolute Gasteiger partial charge is 0.259 e. The van der Waals surface area contributed by atoms with Crippen LogP contribution in [0, 0.1) is 16.5 Å². The minimum absolute atomic E-state index is 0.000403. The molecule has 0 atom stereocenters. The fourth-order valence-corrected chi connectivity index (χ4v) is 4.01. The maximum Gasteiger partial charge on any atom is 0.259 e. The minimum Gasteiger partial charge on any atom is -0.494 e. The number of nitrogens with zero attached hydrogens (tertiary/aromatic N) is 2. The molecule has 8 nitrogen and oxygen atoms in total. The van der Waals surface area contributed by atoms with Gasteiger partial charge in [0.2, 0.25) is 11.8 Å². The molecule has 0 amide bonds. The van der Waals surface area contributed by atoms with E-state index in [4.69, 9.17) is 24.4 Å². The van der Waals surface area contributed by atoms with Gasteiger partial charge in [0.05, 0.1) is 17.0 Å². The molecule has 0 aliphatic heterocycles. The summed E-state index contributed by atoms with van der Waals surface area (Å²) in [5, 5.41) is 22.1. The average molecular weight is 471 g/mol. The van der Waals surface area contributed by atoms with Crippen LogP contribution in [-0.2, 0) is 13.1 Å². The van der Waals surface area contributed by atoms with Gasteiger partial charge in [0.25, 0.3) is 11.1 Å². The number of benzene rings is 1. The topological polar surface area (TPSA) is 116 Å². The lowest BCUT2D eigenvalue weighted by atomic mass is 9.86. The highest BCUT2D eigenvalue weighted by atomic mass is 32.1. The zero-order valence-corrected chi connectivity index (χ0v) is 18.9. The number of rotatable bonds is 7. The molecule has 3 rings (SSSR count). The quantitative estimate of drug-likeness (QED) is 0.311. The van der Waals surface area contributed by atoms with Gasteiger partial charge in [-0.25, -0.2) is 0 Å². The van der Waals surface area contributed by atoms with Crippen molar-refractivity contribution in [2.75, 3.05) is 0 Å². The molecule has 3 aromatic rings. The van der Waals surface area contributed by atoms with Crippen molar-refractivity contribution in [3.05, 3.63) is 102 Å². The third-order valence-electron chi connectivity index (χ3n) is 5.03. The van der Waals surface area contributed by atoms with Gasteiger partial charge in [-0.1, -0.05) is 42.0 Å².